The van der Waals surface area contributed by atoms with Crippen LogP contribution in [0.5, 0.6) is 0 Å². The van der Waals surface area contributed by atoms with Crippen molar-refractivity contribution >= 4 is 27.8 Å². The summed E-state index contributed by atoms with van der Waals surface area (Å²) in [6.45, 7) is 0.130. The number of hydrogen-bond acceptors (Lipinski definition) is 7. The van der Waals surface area contributed by atoms with Gasteiger partial charge < -0.3 is 9.47 Å². The lowest BCUT2D eigenvalue weighted by Gasteiger charge is -2.06. The summed E-state index contributed by atoms with van der Waals surface area (Å²) in [6, 6.07) is 5.39. The molecule has 1 aromatic heterocycles. The van der Waals surface area contributed by atoms with Crippen molar-refractivity contribution in [2.75, 3.05) is 11.8 Å². The third kappa shape index (κ3) is 2.71. The van der Waals surface area contributed by atoms with Gasteiger partial charge >= 0.3 is 11.9 Å². The minimum absolute atomic E-state index is 0.0408. The third-order valence-corrected chi connectivity index (χ3v) is 4.84. The number of sulfonamides is 1. The van der Waals surface area contributed by atoms with Crippen LogP contribution >= 0.6 is 0 Å². The maximum absolute atomic E-state index is 12.4. The number of benzene rings is 1. The van der Waals surface area contributed by atoms with Crippen LogP contribution in [0.15, 0.2) is 29.2 Å². The molecule has 1 N–H and O–H groups in total. The summed E-state index contributed by atoms with van der Waals surface area (Å²) in [5, 5.41) is 3.91. The number of rotatable bonds is 4. The van der Waals surface area contributed by atoms with Crippen LogP contribution in [0, 0.1) is 0 Å². The monoisotopic (exact) mass is 351 g/mol. The van der Waals surface area contributed by atoms with Crippen LogP contribution in [0.25, 0.3) is 0 Å². The van der Waals surface area contributed by atoms with Crippen LogP contribution in [-0.4, -0.2) is 37.2 Å². The van der Waals surface area contributed by atoms with Crippen molar-refractivity contribution in [3.05, 3.63) is 41.1 Å². The van der Waals surface area contributed by atoms with Gasteiger partial charge in [0.25, 0.3) is 10.0 Å². The summed E-state index contributed by atoms with van der Waals surface area (Å²) in [6.07, 6.45) is 0. The predicted molar refractivity (Wildman–Crippen MR) is 80.9 cm³/mol. The lowest BCUT2D eigenvalue weighted by atomic mass is 10.1. The van der Waals surface area contributed by atoms with Crippen molar-refractivity contribution in [3.8, 4) is 0 Å². The Balaban J connectivity index is 1.91. The molecule has 9 nitrogen and oxygen atoms in total. The van der Waals surface area contributed by atoms with Gasteiger partial charge in [0.15, 0.2) is 5.82 Å². The maximum Gasteiger partial charge on any atom is 0.356 e. The van der Waals surface area contributed by atoms with E-state index in [0.29, 0.717) is 5.56 Å². The number of ether oxygens (including phenoxy) is 2. The third-order valence-electron chi connectivity index (χ3n) is 3.48. The fourth-order valence-electron chi connectivity index (χ4n) is 2.27. The smallest absolute Gasteiger partial charge is 0.356 e. The van der Waals surface area contributed by atoms with E-state index < -0.39 is 22.0 Å². The number of anilines is 1. The van der Waals surface area contributed by atoms with Gasteiger partial charge in [0.1, 0.15) is 12.3 Å². The standard InChI is InChI=1S/C14H13N3O6S/c1-17-11(14(19)22-2)6-12(15-17)16-24(20,21)9-4-3-8-7-23-13(18)10(8)5-9/h3-6H,7H2,1-2H3,(H,15,16). The van der Waals surface area contributed by atoms with Gasteiger partial charge in [-0.2, -0.15) is 5.10 Å². The molecular formula is C14H13N3O6S. The number of hydrogen-bond donors (Lipinski definition) is 1. The average Bonchev–Trinajstić information content (AvgIpc) is 3.09. The number of carbonyl (C=O) groups is 2. The SMILES string of the molecule is COC(=O)c1cc(NS(=O)(=O)c2ccc3c(c2)C(=O)OC3)nn1C. The number of esters is 2. The van der Waals surface area contributed by atoms with Crippen LogP contribution in [0.3, 0.4) is 0 Å². The Morgan fingerprint density at radius 2 is 2.12 bits per heavy atom. The molecule has 0 aliphatic carbocycles. The molecule has 1 aliphatic rings. The highest BCUT2D eigenvalue weighted by molar-refractivity contribution is 7.92. The van der Waals surface area contributed by atoms with Crippen molar-refractivity contribution in [2.24, 2.45) is 7.05 Å². The van der Waals surface area contributed by atoms with Crippen molar-refractivity contribution in [2.45, 2.75) is 11.5 Å². The van der Waals surface area contributed by atoms with Crippen molar-refractivity contribution in [1.29, 1.82) is 0 Å². The summed E-state index contributed by atoms with van der Waals surface area (Å²) in [7, 11) is -1.29. The van der Waals surface area contributed by atoms with Gasteiger partial charge in [0, 0.05) is 18.7 Å². The number of methoxy groups -OCH3 is 1. The van der Waals surface area contributed by atoms with Gasteiger partial charge in [-0.15, -0.1) is 0 Å². The zero-order chi connectivity index (χ0) is 17.5. The molecule has 0 spiro atoms. The van der Waals surface area contributed by atoms with E-state index in [1.54, 1.807) is 0 Å². The Hall–Kier alpha value is -2.88. The Morgan fingerprint density at radius 3 is 2.83 bits per heavy atom. The minimum Gasteiger partial charge on any atom is -0.464 e. The molecule has 0 unspecified atom stereocenters. The first-order valence-corrected chi connectivity index (χ1v) is 8.25. The van der Waals surface area contributed by atoms with E-state index in [9.17, 15) is 18.0 Å². The lowest BCUT2D eigenvalue weighted by molar-refractivity contribution is 0.0533. The van der Waals surface area contributed by atoms with Crippen LogP contribution in [0.2, 0.25) is 0 Å². The molecule has 0 saturated heterocycles. The van der Waals surface area contributed by atoms with E-state index in [1.807, 2.05) is 0 Å². The predicted octanol–water partition coefficient (Wildman–Crippen LogP) is 0.678. The molecule has 2 aromatic rings. The topological polar surface area (TPSA) is 117 Å². The van der Waals surface area contributed by atoms with Gasteiger partial charge in [0.2, 0.25) is 0 Å². The van der Waals surface area contributed by atoms with Gasteiger partial charge in [-0.1, -0.05) is 6.07 Å². The first-order valence-electron chi connectivity index (χ1n) is 6.77. The number of aromatic nitrogens is 2. The number of aryl methyl sites for hydroxylation is 1. The van der Waals surface area contributed by atoms with Crippen LogP contribution in [-0.2, 0) is 33.2 Å². The molecule has 2 heterocycles. The quantitative estimate of drug-likeness (QED) is 0.805. The molecule has 3 rings (SSSR count). The van der Waals surface area contributed by atoms with E-state index in [4.69, 9.17) is 4.74 Å². The summed E-state index contributed by atoms with van der Waals surface area (Å²) < 4.78 is 37.8. The molecule has 0 radical (unpaired) electrons. The minimum atomic E-state index is -3.98. The molecule has 24 heavy (non-hydrogen) atoms. The number of cyclic esters (lactones) is 1. The Bertz CT molecular complexity index is 947. The van der Waals surface area contributed by atoms with Crippen LogP contribution < -0.4 is 4.72 Å². The summed E-state index contributed by atoms with van der Waals surface area (Å²) in [4.78, 5) is 23.0. The normalized spacial score (nSPS) is 13.3. The molecule has 126 valence electrons. The molecule has 0 amide bonds. The second-order valence-corrected chi connectivity index (χ2v) is 6.71. The fraction of sp³-hybridized carbons (Fsp3) is 0.214. The summed E-state index contributed by atoms with van der Waals surface area (Å²) >= 11 is 0. The molecule has 1 aromatic carbocycles. The van der Waals surface area contributed by atoms with Crippen molar-refractivity contribution in [3.63, 3.8) is 0 Å². The van der Waals surface area contributed by atoms with Crippen LogP contribution in [0.4, 0.5) is 5.82 Å². The van der Waals surface area contributed by atoms with E-state index in [2.05, 4.69) is 14.6 Å². The molecule has 0 bridgehead atoms. The van der Waals surface area contributed by atoms with E-state index in [1.165, 1.54) is 43.1 Å². The second kappa shape index (κ2) is 5.64. The zero-order valence-electron chi connectivity index (χ0n) is 12.8. The largest absolute Gasteiger partial charge is 0.464 e. The molecule has 0 fully saturated rings. The first-order chi connectivity index (χ1) is 11.3. The van der Waals surface area contributed by atoms with E-state index >= 15 is 0 Å². The van der Waals surface area contributed by atoms with E-state index in [-0.39, 0.29) is 28.6 Å². The van der Waals surface area contributed by atoms with Gasteiger partial charge in [-0.3, -0.25) is 9.40 Å². The first kappa shape index (κ1) is 16.0. The highest BCUT2D eigenvalue weighted by Crippen LogP contribution is 2.24. The Kier molecular flexibility index (Phi) is 3.76. The molecule has 1 aliphatic heterocycles. The van der Waals surface area contributed by atoms with Crippen LogP contribution in [0.1, 0.15) is 26.4 Å². The lowest BCUT2D eigenvalue weighted by Crippen LogP contribution is -2.14. The van der Waals surface area contributed by atoms with Gasteiger partial charge in [0.05, 0.1) is 17.6 Å². The zero-order valence-corrected chi connectivity index (χ0v) is 13.6. The highest BCUT2D eigenvalue weighted by Gasteiger charge is 2.25. The fourth-order valence-corrected chi connectivity index (χ4v) is 3.28. The Labute approximate surface area is 137 Å². The number of fused-ring (bicyclic) bond motifs is 1. The molecular weight excluding hydrogens is 338 g/mol. The van der Waals surface area contributed by atoms with Crippen molar-refractivity contribution in [1.82, 2.24) is 9.78 Å². The number of carbonyl (C=O) groups excluding carboxylic acids is 2. The number of nitrogens with one attached hydrogen (secondary N) is 1. The maximum atomic E-state index is 12.4. The highest BCUT2D eigenvalue weighted by atomic mass is 32.2. The molecule has 10 heteroatoms. The second-order valence-electron chi connectivity index (χ2n) is 5.03. The Morgan fingerprint density at radius 1 is 1.38 bits per heavy atom. The van der Waals surface area contributed by atoms with Gasteiger partial charge in [-0.25, -0.2) is 18.0 Å². The molecule has 0 saturated carbocycles. The summed E-state index contributed by atoms with van der Waals surface area (Å²) in [5.74, 6) is -1.25. The van der Waals surface area contributed by atoms with Crippen molar-refractivity contribution < 1.29 is 27.5 Å². The molecule has 0 atom stereocenters. The van der Waals surface area contributed by atoms with Gasteiger partial charge in [-0.05, 0) is 12.1 Å². The van der Waals surface area contributed by atoms with E-state index in [0.717, 1.165) is 0 Å². The number of nitrogens with zero attached hydrogens (tertiary/aromatic N) is 2. The summed E-state index contributed by atoms with van der Waals surface area (Å²) in [5.41, 5.74) is 0.937. The average molecular weight is 351 g/mol.